The molecule has 0 saturated carbocycles. The molecule has 2 N–H and O–H groups in total. The van der Waals surface area contributed by atoms with Crippen LogP contribution in [0.2, 0.25) is 0 Å². The number of hydrogen-bond donors (Lipinski definition) is 2. The minimum atomic E-state index is -0.648. The molecule has 0 spiro atoms. The smallest absolute Gasteiger partial charge is 0.263 e. The number of methoxy groups -OCH3 is 1. The number of ether oxygens (including phenoxy) is 3. The summed E-state index contributed by atoms with van der Waals surface area (Å²) in [6, 6.07) is 7.13. The van der Waals surface area contributed by atoms with Crippen LogP contribution in [0.5, 0.6) is 11.6 Å². The van der Waals surface area contributed by atoms with Gasteiger partial charge in [0.25, 0.3) is 5.91 Å². The van der Waals surface area contributed by atoms with Crippen LogP contribution >= 0.6 is 0 Å². The number of fused-ring (bicyclic) bond motifs is 2. The van der Waals surface area contributed by atoms with Gasteiger partial charge in [0, 0.05) is 23.7 Å². The number of amides is 1. The molecule has 0 radical (unpaired) electrons. The number of rotatable bonds is 11. The first kappa shape index (κ1) is 27.4. The van der Waals surface area contributed by atoms with Gasteiger partial charge >= 0.3 is 0 Å². The van der Waals surface area contributed by atoms with Gasteiger partial charge in [-0.1, -0.05) is 26.0 Å². The van der Waals surface area contributed by atoms with Gasteiger partial charge < -0.3 is 24.8 Å². The monoisotopic (exact) mass is 523 g/mol. The van der Waals surface area contributed by atoms with E-state index in [1.165, 1.54) is 13.3 Å². The van der Waals surface area contributed by atoms with Crippen molar-refractivity contribution in [2.45, 2.75) is 58.2 Å². The number of pyridine rings is 3. The fourth-order valence-corrected chi connectivity index (χ4v) is 3.85. The maximum atomic E-state index is 14.8. The number of hydrogen-bond acceptors (Lipinski definition) is 8. The number of nitrogens with zero attached hydrogens (tertiary/aromatic N) is 3. The Hall–Kier alpha value is -3.63. The van der Waals surface area contributed by atoms with E-state index in [0.29, 0.717) is 53.6 Å². The average molecular weight is 524 g/mol. The van der Waals surface area contributed by atoms with E-state index in [2.05, 4.69) is 39.4 Å². The standard InChI is InChI=1S/C28H34FN5O4/c1-6-27(3,31-14-18-8-10-22-26(32-18)33-23(35)16-37-22)17-38-28(4,7-2)13-12-19-20(29)15-30-21-9-11-24(36-5)34-25(19)21/h8-13,15,31H,6-7,14,16-17H2,1-5H3,(H,32,33,35)/b13-12+. The van der Waals surface area contributed by atoms with Crippen LogP contribution in [0.4, 0.5) is 10.2 Å². The fraction of sp³-hybridized carbons (Fsp3) is 0.429. The Balaban J connectivity index is 1.46. The van der Waals surface area contributed by atoms with E-state index in [9.17, 15) is 9.18 Å². The zero-order valence-electron chi connectivity index (χ0n) is 22.4. The highest BCUT2D eigenvalue weighted by molar-refractivity contribution is 5.94. The van der Waals surface area contributed by atoms with Crippen LogP contribution in [0.15, 0.2) is 36.5 Å². The van der Waals surface area contributed by atoms with Crippen molar-refractivity contribution < 1.29 is 23.4 Å². The van der Waals surface area contributed by atoms with Crippen molar-refractivity contribution in [1.29, 1.82) is 0 Å². The number of anilines is 1. The Bertz CT molecular complexity index is 1350. The minimum absolute atomic E-state index is 0.00308. The number of nitrogens with one attached hydrogen (secondary N) is 2. The van der Waals surface area contributed by atoms with Crippen LogP contribution in [0.25, 0.3) is 17.1 Å². The first-order valence-corrected chi connectivity index (χ1v) is 12.7. The highest BCUT2D eigenvalue weighted by Gasteiger charge is 2.28. The second-order valence-corrected chi connectivity index (χ2v) is 9.78. The molecular weight excluding hydrogens is 489 g/mol. The van der Waals surface area contributed by atoms with Gasteiger partial charge in [0.15, 0.2) is 24.0 Å². The van der Waals surface area contributed by atoms with E-state index < -0.39 is 11.4 Å². The molecule has 0 bridgehead atoms. The van der Waals surface area contributed by atoms with E-state index in [1.807, 2.05) is 32.1 Å². The van der Waals surface area contributed by atoms with Gasteiger partial charge in [-0.3, -0.25) is 9.78 Å². The zero-order chi connectivity index (χ0) is 27.3. The Labute approximate surface area is 221 Å². The number of carbonyl (C=O) groups excluding carboxylic acids is 1. The third-order valence-corrected chi connectivity index (χ3v) is 6.92. The quantitative estimate of drug-likeness (QED) is 0.374. The molecule has 4 heterocycles. The van der Waals surface area contributed by atoms with Crippen LogP contribution in [0.1, 0.15) is 51.8 Å². The molecule has 9 nitrogen and oxygen atoms in total. The molecule has 2 unspecified atom stereocenters. The molecule has 202 valence electrons. The van der Waals surface area contributed by atoms with Crippen molar-refractivity contribution >= 4 is 28.8 Å². The van der Waals surface area contributed by atoms with Crippen molar-refractivity contribution in [2.75, 3.05) is 25.6 Å². The molecule has 0 aromatic carbocycles. The van der Waals surface area contributed by atoms with Crippen LogP contribution in [0, 0.1) is 5.82 Å². The maximum absolute atomic E-state index is 14.8. The largest absolute Gasteiger partial charge is 0.481 e. The normalized spacial score (nSPS) is 16.4. The molecule has 2 atom stereocenters. The predicted octanol–water partition coefficient (Wildman–Crippen LogP) is 4.66. The Morgan fingerprint density at radius 3 is 2.74 bits per heavy atom. The van der Waals surface area contributed by atoms with Gasteiger partial charge in [0.1, 0.15) is 5.52 Å². The second kappa shape index (κ2) is 11.4. The topological polar surface area (TPSA) is 107 Å². The first-order chi connectivity index (χ1) is 18.2. The Morgan fingerprint density at radius 1 is 1.18 bits per heavy atom. The third-order valence-electron chi connectivity index (χ3n) is 6.92. The van der Waals surface area contributed by atoms with Gasteiger partial charge in [0.2, 0.25) is 5.88 Å². The molecule has 0 fully saturated rings. The SMILES string of the molecule is CCC(C)(COC(C)(/C=C/c1c(F)cnc2ccc(OC)nc12)CC)NCc1ccc2c(n1)NC(=O)CO2. The van der Waals surface area contributed by atoms with E-state index in [0.717, 1.165) is 12.1 Å². The van der Waals surface area contributed by atoms with Crippen molar-refractivity contribution in [3.63, 3.8) is 0 Å². The molecule has 10 heteroatoms. The lowest BCUT2D eigenvalue weighted by atomic mass is 9.97. The van der Waals surface area contributed by atoms with Gasteiger partial charge in [0.05, 0.1) is 36.7 Å². The summed E-state index contributed by atoms with van der Waals surface area (Å²) in [6.45, 7) is 9.06. The Kier molecular flexibility index (Phi) is 8.23. The summed E-state index contributed by atoms with van der Waals surface area (Å²) >= 11 is 0. The summed E-state index contributed by atoms with van der Waals surface area (Å²) in [5.41, 5.74) is 1.11. The fourth-order valence-electron chi connectivity index (χ4n) is 3.85. The molecule has 3 aromatic rings. The van der Waals surface area contributed by atoms with E-state index in [-0.39, 0.29) is 18.1 Å². The molecule has 38 heavy (non-hydrogen) atoms. The molecule has 0 aliphatic carbocycles. The summed E-state index contributed by atoms with van der Waals surface area (Å²) in [5, 5.41) is 6.28. The van der Waals surface area contributed by atoms with E-state index in [1.54, 1.807) is 18.2 Å². The number of aromatic nitrogens is 3. The van der Waals surface area contributed by atoms with Crippen LogP contribution in [0.3, 0.4) is 0 Å². The third kappa shape index (κ3) is 6.25. The molecule has 0 saturated heterocycles. The molecule has 1 aliphatic heterocycles. The molecule has 4 rings (SSSR count). The summed E-state index contributed by atoms with van der Waals surface area (Å²) in [7, 11) is 1.52. The highest BCUT2D eigenvalue weighted by Crippen LogP contribution is 2.28. The van der Waals surface area contributed by atoms with Crippen LogP contribution in [-0.4, -0.2) is 52.3 Å². The zero-order valence-corrected chi connectivity index (χ0v) is 22.4. The average Bonchev–Trinajstić information content (AvgIpc) is 2.94. The van der Waals surface area contributed by atoms with Crippen LogP contribution < -0.4 is 20.1 Å². The number of halogens is 1. The van der Waals surface area contributed by atoms with Crippen molar-refractivity contribution in [3.05, 3.63) is 53.6 Å². The Morgan fingerprint density at radius 2 is 2.00 bits per heavy atom. The van der Waals surface area contributed by atoms with Crippen molar-refractivity contribution in [1.82, 2.24) is 20.3 Å². The first-order valence-electron chi connectivity index (χ1n) is 12.7. The van der Waals surface area contributed by atoms with Gasteiger partial charge in [-0.15, -0.1) is 0 Å². The van der Waals surface area contributed by atoms with Crippen LogP contribution in [-0.2, 0) is 16.1 Å². The predicted molar refractivity (Wildman–Crippen MR) is 144 cm³/mol. The number of carbonyl (C=O) groups is 1. The van der Waals surface area contributed by atoms with E-state index >= 15 is 0 Å². The lowest BCUT2D eigenvalue weighted by molar-refractivity contribution is -0.118. The van der Waals surface area contributed by atoms with Crippen molar-refractivity contribution in [2.24, 2.45) is 0 Å². The molecule has 3 aromatic heterocycles. The maximum Gasteiger partial charge on any atom is 0.263 e. The van der Waals surface area contributed by atoms with Gasteiger partial charge in [-0.05, 0) is 44.9 Å². The summed E-state index contributed by atoms with van der Waals surface area (Å²) in [5.74, 6) is 0.701. The molecular formula is C28H34FN5O4. The lowest BCUT2D eigenvalue weighted by Gasteiger charge is -2.35. The highest BCUT2D eigenvalue weighted by atomic mass is 19.1. The van der Waals surface area contributed by atoms with Gasteiger partial charge in [-0.25, -0.2) is 14.4 Å². The summed E-state index contributed by atoms with van der Waals surface area (Å²) in [6.07, 6.45) is 6.26. The lowest BCUT2D eigenvalue weighted by Crippen LogP contribution is -2.47. The summed E-state index contributed by atoms with van der Waals surface area (Å²) < 4.78 is 31.8. The van der Waals surface area contributed by atoms with E-state index in [4.69, 9.17) is 14.2 Å². The second-order valence-electron chi connectivity index (χ2n) is 9.78. The molecule has 1 amide bonds. The summed E-state index contributed by atoms with van der Waals surface area (Å²) in [4.78, 5) is 24.7. The molecule has 1 aliphatic rings. The van der Waals surface area contributed by atoms with Gasteiger partial charge in [-0.2, -0.15) is 0 Å². The van der Waals surface area contributed by atoms with Crippen molar-refractivity contribution in [3.8, 4) is 11.6 Å². The minimum Gasteiger partial charge on any atom is -0.481 e.